The van der Waals surface area contributed by atoms with Crippen molar-refractivity contribution in [3.05, 3.63) is 29.5 Å². The fourth-order valence-electron chi connectivity index (χ4n) is 2.75. The Balaban J connectivity index is 1.79. The van der Waals surface area contributed by atoms with Crippen LogP contribution in [0.3, 0.4) is 0 Å². The van der Waals surface area contributed by atoms with Gasteiger partial charge in [0.05, 0.1) is 0 Å². The van der Waals surface area contributed by atoms with E-state index < -0.39 is 0 Å². The molecule has 1 aliphatic carbocycles. The van der Waals surface area contributed by atoms with Crippen molar-refractivity contribution in [2.24, 2.45) is 5.73 Å². The van der Waals surface area contributed by atoms with Crippen molar-refractivity contribution in [3.8, 4) is 11.4 Å². The number of nitrogens with zero attached hydrogens (tertiary/aromatic N) is 5. The van der Waals surface area contributed by atoms with Gasteiger partial charge in [0.25, 0.3) is 0 Å². The molecule has 2 atom stereocenters. The molecular weight excluding hydrogens is 272 g/mol. The third kappa shape index (κ3) is 1.82. The molecule has 0 amide bonds. The van der Waals surface area contributed by atoms with Crippen LogP contribution in [0.1, 0.15) is 30.2 Å². The quantitative estimate of drug-likeness (QED) is 0.777. The first-order valence-electron chi connectivity index (χ1n) is 6.71. The lowest BCUT2D eigenvalue weighted by Gasteiger charge is -2.10. The van der Waals surface area contributed by atoms with Crippen molar-refractivity contribution in [2.75, 3.05) is 0 Å². The summed E-state index contributed by atoms with van der Waals surface area (Å²) in [5.41, 5.74) is 7.09. The first-order chi connectivity index (χ1) is 9.83. The summed E-state index contributed by atoms with van der Waals surface area (Å²) in [5.74, 6) is 1.10. The Hall–Kier alpha value is -1.86. The zero-order valence-corrected chi connectivity index (χ0v) is 11.6. The Morgan fingerprint density at radius 3 is 3.00 bits per heavy atom. The fourth-order valence-corrected chi connectivity index (χ4v) is 3.80. The van der Waals surface area contributed by atoms with Crippen molar-refractivity contribution in [3.63, 3.8) is 0 Å². The maximum Gasteiger partial charge on any atom is 0.234 e. The van der Waals surface area contributed by atoms with Crippen LogP contribution < -0.4 is 5.73 Å². The normalized spacial score (nSPS) is 22.6. The van der Waals surface area contributed by atoms with Crippen molar-refractivity contribution in [1.82, 2.24) is 24.8 Å². The molecule has 0 aromatic carbocycles. The second-order valence-corrected chi connectivity index (χ2v) is 6.09. The van der Waals surface area contributed by atoms with E-state index in [0.717, 1.165) is 34.2 Å². The number of hydrogen-bond acceptors (Lipinski definition) is 6. The lowest BCUT2D eigenvalue weighted by Crippen LogP contribution is -2.22. The molecule has 0 radical (unpaired) electrons. The van der Waals surface area contributed by atoms with Gasteiger partial charge in [-0.25, -0.2) is 0 Å². The molecule has 3 heterocycles. The average molecular weight is 286 g/mol. The van der Waals surface area contributed by atoms with E-state index in [-0.39, 0.29) is 6.04 Å². The standard InChI is InChI=1S/C13H14N6S/c14-10-5-1-4-9(10)12-18-19-11(16-17-13(19)20-12)8-3-2-6-15-7-8/h2-3,6-7,9-10H,1,4-5,14H2. The van der Waals surface area contributed by atoms with Gasteiger partial charge < -0.3 is 5.73 Å². The molecule has 20 heavy (non-hydrogen) atoms. The molecule has 1 saturated carbocycles. The van der Waals surface area contributed by atoms with Gasteiger partial charge in [-0.05, 0) is 25.0 Å². The molecule has 7 heteroatoms. The number of fused-ring (bicyclic) bond motifs is 1. The highest BCUT2D eigenvalue weighted by Gasteiger charge is 2.29. The zero-order chi connectivity index (χ0) is 13.5. The fraction of sp³-hybridized carbons (Fsp3) is 0.385. The van der Waals surface area contributed by atoms with Gasteiger partial charge in [-0.15, -0.1) is 10.2 Å². The average Bonchev–Trinajstić information content (AvgIpc) is 3.13. The van der Waals surface area contributed by atoms with Gasteiger partial charge in [0.2, 0.25) is 4.96 Å². The minimum Gasteiger partial charge on any atom is -0.327 e. The molecule has 102 valence electrons. The smallest absolute Gasteiger partial charge is 0.234 e. The minimum absolute atomic E-state index is 0.223. The van der Waals surface area contributed by atoms with Crippen molar-refractivity contribution >= 4 is 16.3 Å². The molecule has 6 nitrogen and oxygen atoms in total. The molecule has 3 aromatic rings. The van der Waals surface area contributed by atoms with Crippen LogP contribution >= 0.6 is 11.3 Å². The summed E-state index contributed by atoms with van der Waals surface area (Å²) in [6.45, 7) is 0. The number of rotatable bonds is 2. The van der Waals surface area contributed by atoms with Crippen LogP contribution in [0.15, 0.2) is 24.5 Å². The first kappa shape index (κ1) is 11.9. The van der Waals surface area contributed by atoms with Crippen LogP contribution in [0.5, 0.6) is 0 Å². The third-order valence-corrected chi connectivity index (χ3v) is 4.84. The summed E-state index contributed by atoms with van der Waals surface area (Å²) in [7, 11) is 0. The molecule has 1 fully saturated rings. The van der Waals surface area contributed by atoms with Crippen molar-refractivity contribution in [2.45, 2.75) is 31.2 Å². The maximum atomic E-state index is 6.16. The molecule has 4 rings (SSSR count). The molecular formula is C13H14N6S. The topological polar surface area (TPSA) is 82.0 Å². The first-order valence-corrected chi connectivity index (χ1v) is 7.53. The van der Waals surface area contributed by atoms with E-state index in [9.17, 15) is 0 Å². The maximum absolute atomic E-state index is 6.16. The number of aromatic nitrogens is 5. The summed E-state index contributed by atoms with van der Waals surface area (Å²) in [4.78, 5) is 4.94. The Labute approximate surface area is 119 Å². The highest BCUT2D eigenvalue weighted by atomic mass is 32.1. The van der Waals surface area contributed by atoms with E-state index in [0.29, 0.717) is 5.92 Å². The minimum atomic E-state index is 0.223. The van der Waals surface area contributed by atoms with Crippen LogP contribution in [-0.4, -0.2) is 30.8 Å². The molecule has 2 unspecified atom stereocenters. The van der Waals surface area contributed by atoms with Gasteiger partial charge in [0, 0.05) is 29.9 Å². The lowest BCUT2D eigenvalue weighted by atomic mass is 10.1. The Kier molecular flexibility index (Phi) is 2.75. The molecule has 0 saturated heterocycles. The molecule has 0 spiro atoms. The van der Waals surface area contributed by atoms with Gasteiger partial charge in [-0.1, -0.05) is 17.8 Å². The molecule has 3 aromatic heterocycles. The summed E-state index contributed by atoms with van der Waals surface area (Å²) in [6, 6.07) is 4.07. The summed E-state index contributed by atoms with van der Waals surface area (Å²) >= 11 is 1.59. The number of pyridine rings is 1. The monoisotopic (exact) mass is 286 g/mol. The van der Waals surface area contributed by atoms with Gasteiger partial charge in [-0.2, -0.15) is 9.61 Å². The highest BCUT2D eigenvalue weighted by molar-refractivity contribution is 7.16. The van der Waals surface area contributed by atoms with E-state index in [2.05, 4.69) is 20.3 Å². The van der Waals surface area contributed by atoms with Crippen LogP contribution in [0, 0.1) is 0 Å². The largest absolute Gasteiger partial charge is 0.327 e. The van der Waals surface area contributed by atoms with Crippen LogP contribution in [-0.2, 0) is 0 Å². The Bertz CT molecular complexity index is 734. The van der Waals surface area contributed by atoms with Gasteiger partial charge in [0.1, 0.15) is 5.01 Å². The predicted molar refractivity (Wildman–Crippen MR) is 76.5 cm³/mol. The number of nitrogens with two attached hydrogens (primary N) is 1. The zero-order valence-electron chi connectivity index (χ0n) is 10.8. The summed E-state index contributed by atoms with van der Waals surface area (Å²) < 4.78 is 1.81. The predicted octanol–water partition coefficient (Wildman–Crippen LogP) is 1.84. The third-order valence-electron chi connectivity index (χ3n) is 3.81. The van der Waals surface area contributed by atoms with Gasteiger partial charge >= 0.3 is 0 Å². The summed E-state index contributed by atoms with van der Waals surface area (Å²) in [5, 5.41) is 14.2. The van der Waals surface area contributed by atoms with Crippen molar-refractivity contribution in [1.29, 1.82) is 0 Å². The van der Waals surface area contributed by atoms with Gasteiger partial charge in [0.15, 0.2) is 5.82 Å². The van der Waals surface area contributed by atoms with E-state index >= 15 is 0 Å². The second-order valence-electron chi connectivity index (χ2n) is 5.10. The molecule has 2 N–H and O–H groups in total. The van der Waals surface area contributed by atoms with Crippen LogP contribution in [0.2, 0.25) is 0 Å². The molecule has 0 bridgehead atoms. The molecule has 0 aliphatic heterocycles. The van der Waals surface area contributed by atoms with E-state index in [4.69, 9.17) is 5.73 Å². The Morgan fingerprint density at radius 2 is 2.25 bits per heavy atom. The SMILES string of the molecule is NC1CCCC1c1nn2c(-c3cccnc3)nnc2s1. The lowest BCUT2D eigenvalue weighted by molar-refractivity contribution is 0.601. The van der Waals surface area contributed by atoms with E-state index in [1.807, 2.05) is 16.6 Å². The van der Waals surface area contributed by atoms with Gasteiger partial charge in [-0.3, -0.25) is 4.98 Å². The summed E-state index contributed by atoms with van der Waals surface area (Å²) in [6.07, 6.45) is 6.90. The highest BCUT2D eigenvalue weighted by Crippen LogP contribution is 2.36. The molecule has 1 aliphatic rings. The van der Waals surface area contributed by atoms with Crippen LogP contribution in [0.25, 0.3) is 16.3 Å². The van der Waals surface area contributed by atoms with E-state index in [1.54, 1.807) is 23.7 Å². The van der Waals surface area contributed by atoms with Crippen molar-refractivity contribution < 1.29 is 0 Å². The Morgan fingerprint density at radius 1 is 1.30 bits per heavy atom. The second kappa shape index (κ2) is 4.60. The van der Waals surface area contributed by atoms with Crippen LogP contribution in [0.4, 0.5) is 0 Å². The van der Waals surface area contributed by atoms with E-state index in [1.165, 1.54) is 6.42 Å². The number of hydrogen-bond donors (Lipinski definition) is 1.